The molecule has 3 heteroatoms. The Labute approximate surface area is 93.4 Å². The first kappa shape index (κ1) is 14.6. The second-order valence-corrected chi connectivity index (χ2v) is 3.98. The first-order chi connectivity index (χ1) is 7.24. The summed E-state index contributed by atoms with van der Waals surface area (Å²) < 4.78 is 5.20. The monoisotopic (exact) mass is 215 g/mol. The van der Waals surface area contributed by atoms with Gasteiger partial charge in [-0.1, -0.05) is 20.3 Å². The van der Waals surface area contributed by atoms with Crippen molar-refractivity contribution in [1.29, 1.82) is 0 Å². The van der Waals surface area contributed by atoms with E-state index in [4.69, 9.17) is 10.5 Å². The lowest BCUT2D eigenvalue weighted by Crippen LogP contribution is -2.13. The molecule has 0 spiro atoms. The molecule has 0 amide bonds. The molecule has 0 aromatic rings. The van der Waals surface area contributed by atoms with Crippen LogP contribution in [0.4, 0.5) is 0 Å². The third-order valence-electron chi connectivity index (χ3n) is 2.60. The molecule has 0 aliphatic heterocycles. The summed E-state index contributed by atoms with van der Waals surface area (Å²) in [6.07, 6.45) is 4.71. The number of ether oxygens (including phenoxy) is 1. The maximum Gasteiger partial charge on any atom is 0.158 e. The Balaban J connectivity index is 3.50. The largest absolute Gasteiger partial charge is 0.374 e. The van der Waals surface area contributed by atoms with Crippen molar-refractivity contribution in [1.82, 2.24) is 0 Å². The van der Waals surface area contributed by atoms with Crippen molar-refractivity contribution in [3.05, 3.63) is 0 Å². The number of carbonyl (C=O) groups is 1. The highest BCUT2D eigenvalue weighted by Gasteiger charge is 2.08. The van der Waals surface area contributed by atoms with Gasteiger partial charge in [-0.25, -0.2) is 0 Å². The number of hydrogen-bond acceptors (Lipinski definition) is 3. The Morgan fingerprint density at radius 3 is 2.60 bits per heavy atom. The SMILES string of the molecule is CCCOCC(=O)CCC(CC)CCN. The van der Waals surface area contributed by atoms with Gasteiger partial charge in [-0.2, -0.15) is 0 Å². The zero-order valence-electron chi connectivity index (χ0n) is 10.1. The van der Waals surface area contributed by atoms with Crippen LogP contribution in [0.2, 0.25) is 0 Å². The van der Waals surface area contributed by atoms with Crippen molar-refractivity contribution in [3.63, 3.8) is 0 Å². The molecule has 0 heterocycles. The predicted molar refractivity (Wildman–Crippen MR) is 62.8 cm³/mol. The maximum absolute atomic E-state index is 11.4. The Kier molecular flexibility index (Phi) is 9.84. The second kappa shape index (κ2) is 10.1. The van der Waals surface area contributed by atoms with Gasteiger partial charge < -0.3 is 10.5 Å². The number of Topliss-reactive ketones (excluding diaryl/α,β-unsaturated/α-hetero) is 1. The van der Waals surface area contributed by atoms with Gasteiger partial charge in [-0.3, -0.25) is 4.79 Å². The lowest BCUT2D eigenvalue weighted by atomic mass is 9.96. The number of ketones is 1. The van der Waals surface area contributed by atoms with Crippen molar-refractivity contribution in [2.45, 2.75) is 46.0 Å². The molecule has 0 aromatic carbocycles. The summed E-state index contributed by atoms with van der Waals surface area (Å²) in [6, 6.07) is 0. The normalized spacial score (nSPS) is 12.7. The molecule has 3 nitrogen and oxygen atoms in total. The van der Waals surface area contributed by atoms with E-state index in [1.54, 1.807) is 0 Å². The average Bonchev–Trinajstić information content (AvgIpc) is 2.24. The average molecular weight is 215 g/mol. The Hall–Kier alpha value is -0.410. The molecule has 1 unspecified atom stereocenters. The zero-order valence-corrected chi connectivity index (χ0v) is 10.1. The highest BCUT2D eigenvalue weighted by atomic mass is 16.5. The van der Waals surface area contributed by atoms with E-state index in [1.165, 1.54) is 0 Å². The Morgan fingerprint density at radius 1 is 1.33 bits per heavy atom. The molecule has 0 bridgehead atoms. The predicted octanol–water partition coefficient (Wildman–Crippen LogP) is 2.14. The van der Waals surface area contributed by atoms with Gasteiger partial charge in [-0.15, -0.1) is 0 Å². The molecule has 0 aliphatic rings. The maximum atomic E-state index is 11.4. The van der Waals surface area contributed by atoms with Crippen molar-refractivity contribution in [2.24, 2.45) is 11.7 Å². The smallest absolute Gasteiger partial charge is 0.158 e. The van der Waals surface area contributed by atoms with Crippen molar-refractivity contribution in [3.8, 4) is 0 Å². The van der Waals surface area contributed by atoms with Crippen LogP contribution >= 0.6 is 0 Å². The molecule has 0 rings (SSSR count). The standard InChI is InChI=1S/C12H25NO2/c1-3-9-15-10-12(14)6-5-11(4-2)7-8-13/h11H,3-10,13H2,1-2H3. The molecule has 0 aromatic heterocycles. The molecule has 1 atom stereocenters. The minimum absolute atomic E-state index is 0.221. The third kappa shape index (κ3) is 8.58. The van der Waals surface area contributed by atoms with E-state index in [0.717, 1.165) is 32.2 Å². The highest BCUT2D eigenvalue weighted by molar-refractivity contribution is 5.79. The van der Waals surface area contributed by atoms with Crippen LogP contribution in [-0.4, -0.2) is 25.5 Å². The van der Waals surface area contributed by atoms with Crippen LogP contribution < -0.4 is 5.73 Å². The van der Waals surface area contributed by atoms with Crippen LogP contribution in [0.3, 0.4) is 0 Å². The molecule has 2 N–H and O–H groups in total. The summed E-state index contributed by atoms with van der Waals surface area (Å²) in [6.45, 7) is 5.88. The van der Waals surface area contributed by atoms with Crippen LogP contribution in [0.5, 0.6) is 0 Å². The number of rotatable bonds is 10. The van der Waals surface area contributed by atoms with Crippen molar-refractivity contribution in [2.75, 3.05) is 19.8 Å². The Morgan fingerprint density at radius 2 is 2.07 bits per heavy atom. The zero-order chi connectivity index (χ0) is 11.5. The van der Waals surface area contributed by atoms with E-state index >= 15 is 0 Å². The fourth-order valence-electron chi connectivity index (χ4n) is 1.56. The van der Waals surface area contributed by atoms with Crippen molar-refractivity contribution < 1.29 is 9.53 Å². The summed E-state index contributed by atoms with van der Waals surface area (Å²) in [5.41, 5.74) is 5.50. The summed E-state index contributed by atoms with van der Waals surface area (Å²) in [7, 11) is 0. The van der Waals surface area contributed by atoms with E-state index in [-0.39, 0.29) is 12.4 Å². The molecule has 0 saturated carbocycles. The van der Waals surface area contributed by atoms with Crippen LogP contribution in [-0.2, 0) is 9.53 Å². The van der Waals surface area contributed by atoms with E-state index in [2.05, 4.69) is 6.92 Å². The Bertz CT molecular complexity index is 160. The molecular weight excluding hydrogens is 190 g/mol. The summed E-state index contributed by atoms with van der Waals surface area (Å²) in [4.78, 5) is 11.4. The molecule has 0 aliphatic carbocycles. The van der Waals surface area contributed by atoms with Gasteiger partial charge in [0.2, 0.25) is 0 Å². The number of carbonyl (C=O) groups excluding carboxylic acids is 1. The lowest BCUT2D eigenvalue weighted by molar-refractivity contribution is -0.123. The quantitative estimate of drug-likeness (QED) is 0.568. The van der Waals surface area contributed by atoms with Gasteiger partial charge in [0, 0.05) is 13.0 Å². The molecule has 90 valence electrons. The molecule has 0 fully saturated rings. The second-order valence-electron chi connectivity index (χ2n) is 3.98. The number of hydrogen-bond donors (Lipinski definition) is 1. The van der Waals surface area contributed by atoms with Gasteiger partial charge in [-0.05, 0) is 31.7 Å². The molecule has 0 radical (unpaired) electrons. The first-order valence-corrected chi connectivity index (χ1v) is 6.04. The molecule has 0 saturated heterocycles. The first-order valence-electron chi connectivity index (χ1n) is 6.04. The summed E-state index contributed by atoms with van der Waals surface area (Å²) >= 11 is 0. The van der Waals surface area contributed by atoms with Crippen LogP contribution in [0.1, 0.15) is 46.0 Å². The lowest BCUT2D eigenvalue weighted by Gasteiger charge is -2.12. The molecule has 15 heavy (non-hydrogen) atoms. The van der Waals surface area contributed by atoms with Gasteiger partial charge >= 0.3 is 0 Å². The fourth-order valence-corrected chi connectivity index (χ4v) is 1.56. The van der Waals surface area contributed by atoms with E-state index < -0.39 is 0 Å². The summed E-state index contributed by atoms with van der Waals surface area (Å²) in [5, 5.41) is 0. The van der Waals surface area contributed by atoms with Crippen LogP contribution in [0, 0.1) is 5.92 Å². The minimum atomic E-state index is 0.221. The van der Waals surface area contributed by atoms with Gasteiger partial charge in [0.1, 0.15) is 6.61 Å². The van der Waals surface area contributed by atoms with E-state index in [0.29, 0.717) is 18.9 Å². The van der Waals surface area contributed by atoms with Crippen LogP contribution in [0.15, 0.2) is 0 Å². The summed E-state index contributed by atoms with van der Waals surface area (Å²) in [5.74, 6) is 0.823. The van der Waals surface area contributed by atoms with Crippen molar-refractivity contribution >= 4 is 5.78 Å². The topological polar surface area (TPSA) is 52.3 Å². The molecular formula is C12H25NO2. The third-order valence-corrected chi connectivity index (χ3v) is 2.60. The fraction of sp³-hybridized carbons (Fsp3) is 0.917. The minimum Gasteiger partial charge on any atom is -0.374 e. The van der Waals surface area contributed by atoms with Gasteiger partial charge in [0.05, 0.1) is 0 Å². The van der Waals surface area contributed by atoms with E-state index in [1.807, 2.05) is 6.92 Å². The van der Waals surface area contributed by atoms with Gasteiger partial charge in [0.25, 0.3) is 0 Å². The highest BCUT2D eigenvalue weighted by Crippen LogP contribution is 2.14. The number of nitrogens with two attached hydrogens (primary N) is 1. The van der Waals surface area contributed by atoms with Crippen LogP contribution in [0.25, 0.3) is 0 Å². The van der Waals surface area contributed by atoms with Gasteiger partial charge in [0.15, 0.2) is 5.78 Å². The van der Waals surface area contributed by atoms with E-state index in [9.17, 15) is 4.79 Å².